The summed E-state index contributed by atoms with van der Waals surface area (Å²) in [7, 11) is -1.78. The van der Waals surface area contributed by atoms with Crippen molar-refractivity contribution in [1.82, 2.24) is 10.0 Å². The first-order chi connectivity index (χ1) is 9.97. The maximum absolute atomic E-state index is 12.6. The van der Waals surface area contributed by atoms with Gasteiger partial charge in [0.1, 0.15) is 10.7 Å². The van der Waals surface area contributed by atoms with E-state index in [4.69, 9.17) is 4.42 Å². The van der Waals surface area contributed by atoms with E-state index in [1.54, 1.807) is 24.9 Å². The van der Waals surface area contributed by atoms with Gasteiger partial charge in [0.05, 0.1) is 6.54 Å². The van der Waals surface area contributed by atoms with Crippen LogP contribution >= 0.6 is 27.7 Å². The number of halogens is 1. The second kappa shape index (κ2) is 7.50. The molecule has 2 atom stereocenters. The Balaban J connectivity index is 2.17. The molecule has 1 aromatic rings. The van der Waals surface area contributed by atoms with E-state index in [0.717, 1.165) is 19.3 Å². The fourth-order valence-corrected chi connectivity index (χ4v) is 5.95. The molecule has 2 N–H and O–H groups in total. The average Bonchev–Trinajstić information content (AvgIpc) is 2.81. The molecule has 0 bridgehead atoms. The van der Waals surface area contributed by atoms with Gasteiger partial charge < -0.3 is 9.73 Å². The molecule has 1 aliphatic rings. The molecule has 0 saturated heterocycles. The lowest BCUT2D eigenvalue weighted by molar-refractivity contribution is 0.422. The molecule has 0 radical (unpaired) electrons. The highest BCUT2D eigenvalue weighted by Crippen LogP contribution is 2.30. The highest BCUT2D eigenvalue weighted by molar-refractivity contribution is 9.10. The first kappa shape index (κ1) is 17.3. The summed E-state index contributed by atoms with van der Waals surface area (Å²) < 4.78 is 33.7. The van der Waals surface area contributed by atoms with Gasteiger partial charge in [0.25, 0.3) is 0 Å². The van der Waals surface area contributed by atoms with Crippen LogP contribution in [0.1, 0.15) is 31.4 Å². The van der Waals surface area contributed by atoms with Gasteiger partial charge in [0, 0.05) is 17.4 Å². The zero-order valence-corrected chi connectivity index (χ0v) is 15.4. The van der Waals surface area contributed by atoms with Crippen molar-refractivity contribution in [2.45, 2.75) is 48.4 Å². The van der Waals surface area contributed by atoms with Gasteiger partial charge in [0.2, 0.25) is 10.0 Å². The van der Waals surface area contributed by atoms with Gasteiger partial charge >= 0.3 is 0 Å². The summed E-state index contributed by atoms with van der Waals surface area (Å²) in [5, 5.41) is 3.28. The predicted octanol–water partition coefficient (Wildman–Crippen LogP) is 2.71. The van der Waals surface area contributed by atoms with Crippen molar-refractivity contribution in [3.05, 3.63) is 16.5 Å². The van der Waals surface area contributed by atoms with Crippen molar-refractivity contribution < 1.29 is 12.8 Å². The first-order valence-corrected chi connectivity index (χ1v) is 10.5. The van der Waals surface area contributed by atoms with Crippen LogP contribution in [0, 0.1) is 0 Å². The number of sulfonamides is 1. The van der Waals surface area contributed by atoms with Gasteiger partial charge in [-0.1, -0.05) is 12.8 Å². The summed E-state index contributed by atoms with van der Waals surface area (Å²) in [4.78, 5) is 0.179. The maximum atomic E-state index is 12.6. The molecule has 5 nitrogen and oxygen atoms in total. The van der Waals surface area contributed by atoms with E-state index in [1.807, 2.05) is 6.26 Å². The number of rotatable bonds is 6. The Bertz CT molecular complexity index is 574. The molecular weight excluding hydrogens is 376 g/mol. The van der Waals surface area contributed by atoms with Gasteiger partial charge in [-0.2, -0.15) is 11.8 Å². The molecule has 0 aliphatic heterocycles. The highest BCUT2D eigenvalue weighted by atomic mass is 79.9. The standard InChI is InChI=1S/C13H21BrN2O3S2/c1-15-8-9-7-12(13(14)19-9)21(17,18)16-10-5-3-4-6-11(10)20-2/h7,10-11,15-16H,3-6,8H2,1-2H3. The van der Waals surface area contributed by atoms with Crippen LogP contribution in [0.4, 0.5) is 0 Å². The lowest BCUT2D eigenvalue weighted by atomic mass is 9.96. The second-order valence-electron chi connectivity index (χ2n) is 5.17. The predicted molar refractivity (Wildman–Crippen MR) is 89.1 cm³/mol. The maximum Gasteiger partial charge on any atom is 0.245 e. The second-order valence-corrected chi connectivity index (χ2v) is 8.65. The van der Waals surface area contributed by atoms with E-state index in [0.29, 0.717) is 17.6 Å². The number of hydrogen-bond acceptors (Lipinski definition) is 5. The van der Waals surface area contributed by atoms with Crippen LogP contribution in [0.3, 0.4) is 0 Å². The van der Waals surface area contributed by atoms with Crippen LogP contribution in [0.2, 0.25) is 0 Å². The Morgan fingerprint density at radius 3 is 2.81 bits per heavy atom. The van der Waals surface area contributed by atoms with Crippen LogP contribution in [0.15, 0.2) is 20.0 Å². The van der Waals surface area contributed by atoms with Crippen molar-refractivity contribution in [3.8, 4) is 0 Å². The van der Waals surface area contributed by atoms with Gasteiger partial charge in [-0.05, 0) is 42.1 Å². The molecule has 120 valence electrons. The quantitative estimate of drug-likeness (QED) is 0.773. The normalized spacial score (nSPS) is 23.4. The average molecular weight is 397 g/mol. The minimum atomic E-state index is -3.56. The third-order valence-corrected chi connectivity index (χ3v) is 7.18. The number of thioether (sulfide) groups is 1. The van der Waals surface area contributed by atoms with Gasteiger partial charge in [-0.25, -0.2) is 13.1 Å². The van der Waals surface area contributed by atoms with Crippen LogP contribution in [-0.4, -0.2) is 33.0 Å². The smallest absolute Gasteiger partial charge is 0.245 e. The fraction of sp³-hybridized carbons (Fsp3) is 0.692. The summed E-state index contributed by atoms with van der Waals surface area (Å²) in [5.41, 5.74) is 0. The van der Waals surface area contributed by atoms with E-state index in [2.05, 4.69) is 26.0 Å². The molecule has 0 amide bonds. The summed E-state index contributed by atoms with van der Waals surface area (Å²) in [5.74, 6) is 0.592. The van der Waals surface area contributed by atoms with Gasteiger partial charge in [-0.15, -0.1) is 0 Å². The Morgan fingerprint density at radius 2 is 2.14 bits per heavy atom. The molecule has 2 unspecified atom stereocenters. The van der Waals surface area contributed by atoms with E-state index in [-0.39, 0.29) is 15.6 Å². The molecule has 8 heteroatoms. The van der Waals surface area contributed by atoms with Crippen LogP contribution in [-0.2, 0) is 16.6 Å². The Kier molecular flexibility index (Phi) is 6.19. The zero-order chi connectivity index (χ0) is 15.5. The van der Waals surface area contributed by atoms with Crippen LogP contribution < -0.4 is 10.0 Å². The van der Waals surface area contributed by atoms with Crippen molar-refractivity contribution in [3.63, 3.8) is 0 Å². The van der Waals surface area contributed by atoms with Crippen LogP contribution in [0.5, 0.6) is 0 Å². The summed E-state index contributed by atoms with van der Waals surface area (Å²) >= 11 is 4.94. The van der Waals surface area contributed by atoms with Crippen LogP contribution in [0.25, 0.3) is 0 Å². The first-order valence-electron chi connectivity index (χ1n) is 6.96. The Hall–Kier alpha value is -0.0200. The fourth-order valence-electron chi connectivity index (χ4n) is 2.62. The SMILES string of the molecule is CNCc1cc(S(=O)(=O)NC2CCCCC2SC)c(Br)o1. The highest BCUT2D eigenvalue weighted by Gasteiger charge is 2.31. The van der Waals surface area contributed by atoms with Crippen molar-refractivity contribution >= 4 is 37.7 Å². The Labute approximate surface area is 138 Å². The van der Waals surface area contributed by atoms with Crippen molar-refractivity contribution in [2.24, 2.45) is 0 Å². The molecule has 1 heterocycles. The van der Waals surface area contributed by atoms with E-state index in [1.165, 1.54) is 6.42 Å². The summed E-state index contributed by atoms with van der Waals surface area (Å²) in [6.45, 7) is 0.491. The summed E-state index contributed by atoms with van der Waals surface area (Å²) in [6, 6.07) is 1.56. The molecule has 0 spiro atoms. The number of nitrogens with one attached hydrogen (secondary N) is 2. The van der Waals surface area contributed by atoms with E-state index >= 15 is 0 Å². The zero-order valence-electron chi connectivity index (χ0n) is 12.2. The molecule has 2 rings (SSSR count). The lowest BCUT2D eigenvalue weighted by Gasteiger charge is -2.30. The molecule has 1 saturated carbocycles. The minimum Gasteiger partial charge on any atom is -0.452 e. The van der Waals surface area contributed by atoms with Crippen molar-refractivity contribution in [2.75, 3.05) is 13.3 Å². The molecule has 1 fully saturated rings. The van der Waals surface area contributed by atoms with Crippen molar-refractivity contribution in [1.29, 1.82) is 0 Å². The third kappa shape index (κ3) is 4.25. The molecule has 1 aromatic heterocycles. The number of furan rings is 1. The molecule has 1 aliphatic carbocycles. The number of hydrogen-bond donors (Lipinski definition) is 2. The molecule has 21 heavy (non-hydrogen) atoms. The lowest BCUT2D eigenvalue weighted by Crippen LogP contribution is -2.43. The van der Waals surface area contributed by atoms with Gasteiger partial charge in [0.15, 0.2) is 4.67 Å². The summed E-state index contributed by atoms with van der Waals surface area (Å²) in [6.07, 6.45) is 6.23. The van der Waals surface area contributed by atoms with E-state index in [9.17, 15) is 8.42 Å². The third-order valence-electron chi connectivity index (χ3n) is 3.66. The Morgan fingerprint density at radius 1 is 1.43 bits per heavy atom. The monoisotopic (exact) mass is 396 g/mol. The molecule has 0 aromatic carbocycles. The topological polar surface area (TPSA) is 71.3 Å². The van der Waals surface area contributed by atoms with Gasteiger partial charge in [-0.3, -0.25) is 0 Å². The van der Waals surface area contributed by atoms with E-state index < -0.39 is 10.0 Å². The largest absolute Gasteiger partial charge is 0.452 e. The molecular formula is C13H21BrN2O3S2. The minimum absolute atomic E-state index is 0.00620.